The Balaban J connectivity index is 1.42. The number of pyridine rings is 2. The molecule has 0 saturated carbocycles. The molecular formula is C23H24N8. The van der Waals surface area contributed by atoms with Gasteiger partial charge in [0.15, 0.2) is 11.6 Å². The van der Waals surface area contributed by atoms with Crippen LogP contribution in [-0.4, -0.2) is 67.8 Å². The Bertz CT molecular complexity index is 1190. The van der Waals surface area contributed by atoms with Gasteiger partial charge in [0.1, 0.15) is 5.82 Å². The summed E-state index contributed by atoms with van der Waals surface area (Å²) in [5.74, 6) is 2.44. The van der Waals surface area contributed by atoms with Gasteiger partial charge in [-0.25, -0.2) is 19.6 Å². The minimum Gasteiger partial charge on any atom is -0.354 e. The lowest BCUT2D eigenvalue weighted by atomic mass is 10.1. The van der Waals surface area contributed by atoms with Gasteiger partial charge < -0.3 is 9.80 Å². The molecule has 156 valence electrons. The lowest BCUT2D eigenvalue weighted by molar-refractivity contribution is 0.312. The van der Waals surface area contributed by atoms with E-state index < -0.39 is 0 Å². The van der Waals surface area contributed by atoms with Crippen molar-refractivity contribution in [2.45, 2.75) is 6.92 Å². The Kier molecular flexibility index (Phi) is 5.13. The van der Waals surface area contributed by atoms with Crippen molar-refractivity contribution in [2.75, 3.05) is 38.1 Å². The zero-order chi connectivity index (χ0) is 21.2. The van der Waals surface area contributed by atoms with E-state index in [1.165, 1.54) is 0 Å². The predicted octanol–water partition coefficient (Wildman–Crippen LogP) is 2.85. The maximum Gasteiger partial charge on any atom is 0.161 e. The summed E-state index contributed by atoms with van der Waals surface area (Å²) in [6.07, 6.45) is 9.11. The van der Waals surface area contributed by atoms with Gasteiger partial charge in [0, 0.05) is 62.1 Å². The molecule has 0 atom stereocenters. The number of hydrogen-bond acceptors (Lipinski definition) is 7. The fourth-order valence-corrected chi connectivity index (χ4v) is 3.68. The second-order valence-corrected chi connectivity index (χ2v) is 7.77. The highest BCUT2D eigenvalue weighted by Gasteiger charge is 2.16. The first kappa shape index (κ1) is 19.3. The Morgan fingerprint density at radius 3 is 2.55 bits per heavy atom. The van der Waals surface area contributed by atoms with Gasteiger partial charge in [0.2, 0.25) is 0 Å². The maximum absolute atomic E-state index is 4.84. The molecule has 31 heavy (non-hydrogen) atoms. The Labute approximate surface area is 181 Å². The summed E-state index contributed by atoms with van der Waals surface area (Å²) in [4.78, 5) is 22.9. The normalized spacial score (nSPS) is 14.7. The van der Waals surface area contributed by atoms with Crippen LogP contribution in [0.2, 0.25) is 0 Å². The summed E-state index contributed by atoms with van der Waals surface area (Å²) < 4.78 is 1.80. The van der Waals surface area contributed by atoms with Crippen LogP contribution in [0.15, 0.2) is 61.3 Å². The van der Waals surface area contributed by atoms with E-state index in [1.807, 2.05) is 43.6 Å². The van der Waals surface area contributed by atoms with Crippen LogP contribution < -0.4 is 4.90 Å². The molecule has 0 radical (unpaired) electrons. The third kappa shape index (κ3) is 4.02. The molecule has 0 aliphatic carbocycles. The average molecular weight is 413 g/mol. The van der Waals surface area contributed by atoms with Crippen LogP contribution in [0.4, 0.5) is 5.82 Å². The van der Waals surface area contributed by atoms with E-state index in [2.05, 4.69) is 38.0 Å². The first-order chi connectivity index (χ1) is 15.2. The van der Waals surface area contributed by atoms with Crippen LogP contribution in [0.5, 0.6) is 0 Å². The molecule has 1 aliphatic rings. The zero-order valence-electron chi connectivity index (χ0n) is 17.7. The zero-order valence-corrected chi connectivity index (χ0v) is 17.7. The molecule has 8 heteroatoms. The number of piperazine rings is 1. The van der Waals surface area contributed by atoms with Crippen LogP contribution in [0, 0.1) is 6.92 Å². The second kappa shape index (κ2) is 8.23. The number of hydrogen-bond donors (Lipinski definition) is 0. The fourth-order valence-electron chi connectivity index (χ4n) is 3.68. The molecule has 5 heterocycles. The Morgan fingerprint density at radius 1 is 0.871 bits per heavy atom. The van der Waals surface area contributed by atoms with Gasteiger partial charge in [0.25, 0.3) is 0 Å². The van der Waals surface area contributed by atoms with Gasteiger partial charge in [-0.1, -0.05) is 6.07 Å². The molecule has 4 aromatic heterocycles. The molecule has 8 nitrogen and oxygen atoms in total. The molecule has 0 N–H and O–H groups in total. The highest BCUT2D eigenvalue weighted by Crippen LogP contribution is 2.23. The maximum atomic E-state index is 4.84. The van der Waals surface area contributed by atoms with Crippen LogP contribution in [0.25, 0.3) is 28.5 Å². The van der Waals surface area contributed by atoms with Gasteiger partial charge in [-0.05, 0) is 43.8 Å². The Morgan fingerprint density at radius 2 is 1.71 bits per heavy atom. The van der Waals surface area contributed by atoms with Gasteiger partial charge in [-0.2, -0.15) is 5.10 Å². The average Bonchev–Trinajstić information content (AvgIpc) is 3.31. The van der Waals surface area contributed by atoms with Crippen molar-refractivity contribution in [3.05, 3.63) is 66.9 Å². The smallest absolute Gasteiger partial charge is 0.161 e. The standard InChI is InChI=1S/C23H24N8/c1-17-6-8-24-15-19(17)23-25-9-7-20(27-23)18-14-26-31(16-18)22-5-3-4-21(28-22)30-12-10-29(2)11-13-30/h3-9,14-16H,10-13H2,1-2H3. The summed E-state index contributed by atoms with van der Waals surface area (Å²) in [6, 6.07) is 9.92. The molecule has 4 aromatic rings. The summed E-state index contributed by atoms with van der Waals surface area (Å²) >= 11 is 0. The van der Waals surface area contributed by atoms with Crippen molar-refractivity contribution >= 4 is 5.82 Å². The van der Waals surface area contributed by atoms with Crippen molar-refractivity contribution in [2.24, 2.45) is 0 Å². The van der Waals surface area contributed by atoms with Gasteiger partial charge >= 0.3 is 0 Å². The van der Waals surface area contributed by atoms with Crippen molar-refractivity contribution < 1.29 is 0 Å². The minimum absolute atomic E-state index is 0.658. The van der Waals surface area contributed by atoms with Crippen molar-refractivity contribution in [1.82, 2.24) is 34.6 Å². The van der Waals surface area contributed by atoms with Crippen LogP contribution in [0.3, 0.4) is 0 Å². The van der Waals surface area contributed by atoms with E-state index in [1.54, 1.807) is 23.3 Å². The third-order valence-electron chi connectivity index (χ3n) is 5.60. The summed E-state index contributed by atoms with van der Waals surface area (Å²) in [5, 5.41) is 4.54. The van der Waals surface area contributed by atoms with Crippen molar-refractivity contribution in [3.8, 4) is 28.5 Å². The SMILES string of the molecule is Cc1ccncc1-c1nccc(-c2cnn(-c3cccc(N4CCN(C)CC4)n3)c2)n1. The molecule has 0 spiro atoms. The first-order valence-electron chi connectivity index (χ1n) is 10.4. The van der Waals surface area contributed by atoms with Gasteiger partial charge in [-0.15, -0.1) is 0 Å². The molecule has 1 aliphatic heterocycles. The molecule has 1 saturated heterocycles. The largest absolute Gasteiger partial charge is 0.354 e. The molecular weight excluding hydrogens is 388 g/mol. The van der Waals surface area contributed by atoms with Crippen LogP contribution in [-0.2, 0) is 0 Å². The van der Waals surface area contributed by atoms with Crippen LogP contribution in [0.1, 0.15) is 5.56 Å². The number of likely N-dealkylation sites (N-methyl/N-ethyl adjacent to an activating group) is 1. The Hall–Kier alpha value is -3.65. The lowest BCUT2D eigenvalue weighted by Crippen LogP contribution is -2.44. The van der Waals surface area contributed by atoms with E-state index in [9.17, 15) is 0 Å². The lowest BCUT2D eigenvalue weighted by Gasteiger charge is -2.33. The molecule has 0 unspecified atom stereocenters. The van der Waals surface area contributed by atoms with E-state index in [0.29, 0.717) is 5.82 Å². The number of aryl methyl sites for hydroxylation is 1. The van der Waals surface area contributed by atoms with Gasteiger partial charge in [0.05, 0.1) is 11.9 Å². The summed E-state index contributed by atoms with van der Waals surface area (Å²) in [6.45, 7) is 6.09. The number of aromatic nitrogens is 6. The fraction of sp³-hybridized carbons (Fsp3) is 0.261. The first-order valence-corrected chi connectivity index (χ1v) is 10.4. The van der Waals surface area contributed by atoms with Crippen molar-refractivity contribution in [1.29, 1.82) is 0 Å². The summed E-state index contributed by atoms with van der Waals surface area (Å²) in [7, 11) is 2.15. The van der Waals surface area contributed by atoms with E-state index in [-0.39, 0.29) is 0 Å². The van der Waals surface area contributed by atoms with Gasteiger partial charge in [-0.3, -0.25) is 4.98 Å². The predicted molar refractivity (Wildman–Crippen MR) is 120 cm³/mol. The molecule has 0 aromatic carbocycles. The van der Waals surface area contributed by atoms with E-state index in [0.717, 1.165) is 60.2 Å². The number of rotatable bonds is 4. The van der Waals surface area contributed by atoms with Crippen molar-refractivity contribution in [3.63, 3.8) is 0 Å². The monoisotopic (exact) mass is 412 g/mol. The molecule has 0 amide bonds. The molecule has 5 rings (SSSR count). The van der Waals surface area contributed by atoms with E-state index >= 15 is 0 Å². The molecule has 1 fully saturated rings. The van der Waals surface area contributed by atoms with E-state index in [4.69, 9.17) is 9.97 Å². The minimum atomic E-state index is 0.658. The topological polar surface area (TPSA) is 75.9 Å². The quantitative estimate of drug-likeness (QED) is 0.510. The highest BCUT2D eigenvalue weighted by atomic mass is 15.3. The second-order valence-electron chi connectivity index (χ2n) is 7.77. The molecule has 0 bridgehead atoms. The highest BCUT2D eigenvalue weighted by molar-refractivity contribution is 5.64. The van der Waals surface area contributed by atoms with Crippen LogP contribution >= 0.6 is 0 Å². The third-order valence-corrected chi connectivity index (χ3v) is 5.60. The summed E-state index contributed by atoms with van der Waals surface area (Å²) in [5.41, 5.74) is 3.75. The number of anilines is 1. The number of nitrogens with zero attached hydrogens (tertiary/aromatic N) is 8.